The van der Waals surface area contributed by atoms with Gasteiger partial charge in [0, 0.05) is 25.5 Å². The van der Waals surface area contributed by atoms with E-state index in [0.717, 1.165) is 30.1 Å². The largest absolute Gasteiger partial charge is 0.453 e. The molecule has 1 N–H and O–H groups in total. The third-order valence-electron chi connectivity index (χ3n) is 4.83. The number of methoxy groups -OCH3 is 1. The second-order valence-corrected chi connectivity index (χ2v) is 7.47. The van der Waals surface area contributed by atoms with Crippen molar-refractivity contribution < 1.29 is 9.53 Å². The van der Waals surface area contributed by atoms with Crippen LogP contribution in [0.15, 0.2) is 36.8 Å². The number of halogens is 1. The van der Waals surface area contributed by atoms with Gasteiger partial charge >= 0.3 is 6.09 Å². The maximum atomic E-state index is 11.6. The number of nitrogens with one attached hydrogen (secondary N) is 1. The van der Waals surface area contributed by atoms with E-state index in [-0.39, 0.29) is 6.04 Å². The van der Waals surface area contributed by atoms with Gasteiger partial charge in [-0.3, -0.25) is 4.40 Å². The Morgan fingerprint density at radius 2 is 2.14 bits per heavy atom. The quantitative estimate of drug-likeness (QED) is 0.727. The summed E-state index contributed by atoms with van der Waals surface area (Å²) in [5.74, 6) is 1.79. The molecule has 0 spiro atoms. The number of amides is 1. The van der Waals surface area contributed by atoms with Crippen LogP contribution in [0.2, 0.25) is 5.02 Å². The smallest absolute Gasteiger partial charge is 0.407 e. The number of fused-ring (bicyclic) bond motifs is 1. The van der Waals surface area contributed by atoms with Crippen LogP contribution in [-0.2, 0) is 4.74 Å². The van der Waals surface area contributed by atoms with E-state index in [1.807, 2.05) is 16.5 Å². The first kappa shape index (κ1) is 18.5. The van der Waals surface area contributed by atoms with Crippen LogP contribution < -0.4 is 10.2 Å². The fourth-order valence-electron chi connectivity index (χ4n) is 3.64. The van der Waals surface area contributed by atoms with Crippen LogP contribution in [0, 0.1) is 5.92 Å². The summed E-state index contributed by atoms with van der Waals surface area (Å²) in [4.78, 5) is 27.3. The molecule has 0 aromatic carbocycles. The molecule has 0 aliphatic carbocycles. The van der Waals surface area contributed by atoms with Gasteiger partial charge in [0.15, 0.2) is 5.82 Å². The molecule has 0 radical (unpaired) electrons. The summed E-state index contributed by atoms with van der Waals surface area (Å²) >= 11 is 6.13. The van der Waals surface area contributed by atoms with Crippen molar-refractivity contribution in [3.63, 3.8) is 0 Å². The van der Waals surface area contributed by atoms with E-state index in [4.69, 9.17) is 21.3 Å². The van der Waals surface area contributed by atoms with Gasteiger partial charge in [-0.2, -0.15) is 0 Å². The Morgan fingerprint density at radius 3 is 2.96 bits per heavy atom. The Morgan fingerprint density at radius 1 is 1.29 bits per heavy atom. The number of hydrogen-bond acceptors (Lipinski definition) is 6. The number of hydrogen-bond donors (Lipinski definition) is 1. The van der Waals surface area contributed by atoms with Crippen molar-refractivity contribution in [3.8, 4) is 11.5 Å². The van der Waals surface area contributed by atoms with Crippen LogP contribution >= 0.6 is 11.6 Å². The van der Waals surface area contributed by atoms with E-state index in [9.17, 15) is 4.79 Å². The fraction of sp³-hybridized carbons (Fsp3) is 0.368. The Hall–Kier alpha value is -2.87. The highest BCUT2D eigenvalue weighted by Crippen LogP contribution is 2.25. The van der Waals surface area contributed by atoms with Crippen LogP contribution in [-0.4, -0.2) is 51.7 Å². The van der Waals surface area contributed by atoms with Crippen molar-refractivity contribution in [2.75, 3.05) is 25.1 Å². The minimum atomic E-state index is -0.412. The molecule has 3 aromatic heterocycles. The number of anilines is 1. The van der Waals surface area contributed by atoms with Crippen LogP contribution in [0.3, 0.4) is 0 Å². The van der Waals surface area contributed by atoms with Crippen molar-refractivity contribution in [3.05, 3.63) is 41.8 Å². The monoisotopic (exact) mass is 400 g/mol. The maximum Gasteiger partial charge on any atom is 0.407 e. The number of ether oxygens (including phenoxy) is 1. The third kappa shape index (κ3) is 3.73. The third-order valence-corrected chi connectivity index (χ3v) is 5.05. The summed E-state index contributed by atoms with van der Waals surface area (Å²) in [5.41, 5.74) is 1.55. The molecular formula is C19H21ClN6O2. The van der Waals surface area contributed by atoms with Gasteiger partial charge in [-0.25, -0.2) is 19.7 Å². The van der Waals surface area contributed by atoms with Crippen LogP contribution in [0.4, 0.5) is 10.6 Å². The standard InChI is InChI=1S/C19H21ClN6O2/c1-12-7-14(23-19(27)28-2)11-25(9-12)17-5-6-21-18(24-17)15-8-22-16-4-3-13(20)10-26(15)16/h3-6,8,10,12,14H,7,9,11H2,1-2H3,(H,23,27)/t12-,14-/m1/s1. The lowest BCUT2D eigenvalue weighted by Gasteiger charge is -2.37. The SMILES string of the molecule is COC(=O)N[C@@H]1C[C@@H](C)CN(c2ccnc(-c3cnc4ccc(Cl)cn34)n2)C1. The topological polar surface area (TPSA) is 84.6 Å². The normalized spacial score (nSPS) is 19.6. The number of aromatic nitrogens is 4. The predicted octanol–water partition coefficient (Wildman–Crippen LogP) is 3.02. The molecule has 0 bridgehead atoms. The summed E-state index contributed by atoms with van der Waals surface area (Å²) in [6, 6.07) is 5.54. The van der Waals surface area contributed by atoms with Gasteiger partial charge in [0.25, 0.3) is 0 Å². The van der Waals surface area contributed by atoms with Gasteiger partial charge < -0.3 is 15.0 Å². The second-order valence-electron chi connectivity index (χ2n) is 7.04. The van der Waals surface area contributed by atoms with E-state index in [2.05, 4.69) is 27.1 Å². The first-order chi connectivity index (χ1) is 13.5. The molecule has 2 atom stereocenters. The number of alkyl carbamates (subject to hydrolysis) is 1. The minimum absolute atomic E-state index is 0.00391. The van der Waals surface area contributed by atoms with Gasteiger partial charge in [0.2, 0.25) is 0 Å². The average molecular weight is 401 g/mol. The average Bonchev–Trinajstić information content (AvgIpc) is 3.10. The Labute approximate surface area is 167 Å². The molecule has 9 heteroatoms. The van der Waals surface area contributed by atoms with Crippen molar-refractivity contribution in [2.45, 2.75) is 19.4 Å². The summed E-state index contributed by atoms with van der Waals surface area (Å²) in [5, 5.41) is 3.51. The summed E-state index contributed by atoms with van der Waals surface area (Å²) in [6.45, 7) is 3.68. The maximum absolute atomic E-state index is 11.6. The van der Waals surface area contributed by atoms with Crippen LogP contribution in [0.5, 0.6) is 0 Å². The first-order valence-electron chi connectivity index (χ1n) is 9.09. The zero-order valence-corrected chi connectivity index (χ0v) is 16.4. The zero-order valence-electron chi connectivity index (χ0n) is 15.7. The number of rotatable bonds is 3. The zero-order chi connectivity index (χ0) is 19.7. The molecule has 0 saturated carbocycles. The molecule has 0 unspecified atom stereocenters. The van der Waals surface area contributed by atoms with Gasteiger partial charge in [-0.1, -0.05) is 18.5 Å². The Kier molecular flexibility index (Phi) is 5.04. The van der Waals surface area contributed by atoms with Gasteiger partial charge in [-0.05, 0) is 30.5 Å². The molecule has 28 heavy (non-hydrogen) atoms. The van der Waals surface area contributed by atoms with Crippen molar-refractivity contribution in [1.29, 1.82) is 0 Å². The molecule has 1 aliphatic rings. The number of piperidine rings is 1. The lowest BCUT2D eigenvalue weighted by Crippen LogP contribution is -2.50. The van der Waals surface area contributed by atoms with E-state index in [1.54, 1.807) is 24.7 Å². The molecule has 1 aliphatic heterocycles. The van der Waals surface area contributed by atoms with Crippen molar-refractivity contribution in [2.24, 2.45) is 5.92 Å². The van der Waals surface area contributed by atoms with E-state index in [0.29, 0.717) is 23.3 Å². The van der Waals surface area contributed by atoms with Crippen molar-refractivity contribution in [1.82, 2.24) is 24.7 Å². The van der Waals surface area contributed by atoms with Gasteiger partial charge in [-0.15, -0.1) is 0 Å². The van der Waals surface area contributed by atoms with E-state index >= 15 is 0 Å². The number of imidazole rings is 1. The van der Waals surface area contributed by atoms with Gasteiger partial charge in [0.05, 0.1) is 24.4 Å². The first-order valence-corrected chi connectivity index (χ1v) is 9.46. The van der Waals surface area contributed by atoms with Gasteiger partial charge in [0.1, 0.15) is 17.2 Å². The molecule has 146 valence electrons. The highest BCUT2D eigenvalue weighted by molar-refractivity contribution is 6.30. The van der Waals surface area contributed by atoms with Crippen LogP contribution in [0.25, 0.3) is 17.2 Å². The summed E-state index contributed by atoms with van der Waals surface area (Å²) in [7, 11) is 1.37. The molecule has 1 fully saturated rings. The fourth-order valence-corrected chi connectivity index (χ4v) is 3.80. The minimum Gasteiger partial charge on any atom is -0.453 e. The molecule has 4 heterocycles. The Bertz CT molecular complexity index is 1010. The molecular weight excluding hydrogens is 380 g/mol. The number of nitrogens with zero attached hydrogens (tertiary/aromatic N) is 5. The molecule has 3 aromatic rings. The predicted molar refractivity (Wildman–Crippen MR) is 107 cm³/mol. The highest BCUT2D eigenvalue weighted by Gasteiger charge is 2.27. The van der Waals surface area contributed by atoms with Crippen molar-refractivity contribution >= 4 is 29.2 Å². The highest BCUT2D eigenvalue weighted by atomic mass is 35.5. The van der Waals surface area contributed by atoms with E-state index < -0.39 is 6.09 Å². The lowest BCUT2D eigenvalue weighted by molar-refractivity contribution is 0.163. The number of carbonyl (C=O) groups excluding carboxylic acids is 1. The number of pyridine rings is 1. The Balaban J connectivity index is 1.62. The second kappa shape index (κ2) is 7.63. The molecule has 4 rings (SSSR count). The van der Waals surface area contributed by atoms with E-state index in [1.165, 1.54) is 7.11 Å². The lowest BCUT2D eigenvalue weighted by atomic mass is 9.96. The van der Waals surface area contributed by atoms with Crippen LogP contribution in [0.1, 0.15) is 13.3 Å². The number of carbonyl (C=O) groups is 1. The molecule has 1 saturated heterocycles. The summed E-state index contributed by atoms with van der Waals surface area (Å²) < 4.78 is 6.61. The molecule has 1 amide bonds. The summed E-state index contributed by atoms with van der Waals surface area (Å²) in [6.07, 6.45) is 5.77. The molecule has 8 nitrogen and oxygen atoms in total.